The Morgan fingerprint density at radius 2 is 1.86 bits per heavy atom. The second kappa shape index (κ2) is 10.3. The molecule has 1 amide bonds. The second-order valence-corrected chi connectivity index (χ2v) is 7.75. The van der Waals surface area contributed by atoms with Gasteiger partial charge in [0.2, 0.25) is 0 Å². The van der Waals surface area contributed by atoms with E-state index in [0.29, 0.717) is 53.8 Å². The van der Waals surface area contributed by atoms with Crippen LogP contribution in [-0.4, -0.2) is 62.9 Å². The Kier molecular flexibility index (Phi) is 7.82. The number of benzene rings is 1. The van der Waals surface area contributed by atoms with E-state index in [9.17, 15) is 4.79 Å². The van der Waals surface area contributed by atoms with Crippen LogP contribution >= 0.6 is 11.6 Å². The van der Waals surface area contributed by atoms with Crippen LogP contribution in [0.2, 0.25) is 5.02 Å². The number of carbonyl (C=O) groups excluding carboxylic acids is 1. The molecule has 1 unspecified atom stereocenters. The van der Waals surface area contributed by atoms with E-state index >= 15 is 0 Å². The first kappa shape index (κ1) is 21.2. The van der Waals surface area contributed by atoms with Crippen molar-refractivity contribution in [2.24, 2.45) is 5.92 Å². The number of nitrogens with one attached hydrogen (secondary N) is 1. The Labute approximate surface area is 172 Å². The third kappa shape index (κ3) is 5.10. The molecule has 2 aliphatic rings. The normalized spacial score (nSPS) is 18.6. The Morgan fingerprint density at radius 3 is 2.57 bits per heavy atom. The molecule has 7 heteroatoms. The van der Waals surface area contributed by atoms with E-state index in [2.05, 4.69) is 24.1 Å². The fourth-order valence-corrected chi connectivity index (χ4v) is 4.26. The molecule has 1 fully saturated rings. The highest BCUT2D eigenvalue weighted by Crippen LogP contribution is 2.38. The van der Waals surface area contributed by atoms with Crippen molar-refractivity contribution in [3.63, 3.8) is 0 Å². The number of nitrogens with zero attached hydrogens (tertiary/aromatic N) is 1. The zero-order valence-corrected chi connectivity index (χ0v) is 17.6. The summed E-state index contributed by atoms with van der Waals surface area (Å²) < 4.78 is 16.8. The van der Waals surface area contributed by atoms with Gasteiger partial charge in [-0.3, -0.25) is 9.69 Å². The van der Waals surface area contributed by atoms with E-state index in [1.165, 1.54) is 0 Å². The van der Waals surface area contributed by atoms with Crippen molar-refractivity contribution < 1.29 is 19.0 Å². The fourth-order valence-electron chi connectivity index (χ4n) is 4.00. The number of ether oxygens (including phenoxy) is 3. The van der Waals surface area contributed by atoms with E-state index in [1.807, 2.05) is 0 Å². The van der Waals surface area contributed by atoms with Crippen LogP contribution in [0, 0.1) is 5.92 Å². The summed E-state index contributed by atoms with van der Waals surface area (Å²) >= 11 is 6.34. The molecule has 3 rings (SSSR count). The van der Waals surface area contributed by atoms with Gasteiger partial charge in [0.25, 0.3) is 5.91 Å². The number of halogens is 1. The maximum Gasteiger partial charge on any atom is 0.251 e. The van der Waals surface area contributed by atoms with Crippen molar-refractivity contribution in [1.82, 2.24) is 10.2 Å². The molecular formula is C21H31ClN2O4. The molecule has 28 heavy (non-hydrogen) atoms. The van der Waals surface area contributed by atoms with Crippen molar-refractivity contribution in [2.45, 2.75) is 39.2 Å². The smallest absolute Gasteiger partial charge is 0.251 e. The molecule has 6 nitrogen and oxygen atoms in total. The van der Waals surface area contributed by atoms with Crippen LogP contribution in [0.5, 0.6) is 11.5 Å². The molecule has 0 spiro atoms. The summed E-state index contributed by atoms with van der Waals surface area (Å²) in [5.74, 6) is 1.46. The number of hydrogen-bond acceptors (Lipinski definition) is 5. The van der Waals surface area contributed by atoms with Crippen molar-refractivity contribution in [1.29, 1.82) is 0 Å². The maximum atomic E-state index is 12.8. The Hall–Kier alpha value is -1.50. The lowest BCUT2D eigenvalue weighted by Crippen LogP contribution is -2.52. The molecule has 2 heterocycles. The van der Waals surface area contributed by atoms with Crippen LogP contribution in [0.1, 0.15) is 43.5 Å². The topological polar surface area (TPSA) is 60.0 Å². The first-order chi connectivity index (χ1) is 13.6. The highest BCUT2D eigenvalue weighted by atomic mass is 35.5. The average Bonchev–Trinajstić information content (AvgIpc) is 2.97. The highest BCUT2D eigenvalue weighted by Gasteiger charge is 2.27. The van der Waals surface area contributed by atoms with Crippen molar-refractivity contribution in [3.05, 3.63) is 22.7 Å². The van der Waals surface area contributed by atoms with Gasteiger partial charge in [-0.05, 0) is 18.1 Å². The van der Waals surface area contributed by atoms with Gasteiger partial charge in [0, 0.05) is 37.7 Å². The number of amides is 1. The van der Waals surface area contributed by atoms with Gasteiger partial charge in [-0.2, -0.15) is 0 Å². The van der Waals surface area contributed by atoms with Gasteiger partial charge in [0.15, 0.2) is 11.5 Å². The zero-order valence-electron chi connectivity index (χ0n) is 16.8. The van der Waals surface area contributed by atoms with Crippen LogP contribution < -0.4 is 14.8 Å². The number of rotatable bonds is 7. The minimum Gasteiger partial charge on any atom is -0.489 e. The van der Waals surface area contributed by atoms with Crippen molar-refractivity contribution >= 4 is 17.5 Å². The van der Waals surface area contributed by atoms with Crippen LogP contribution in [-0.2, 0) is 4.74 Å². The number of hydrogen-bond donors (Lipinski definition) is 1. The predicted octanol–water partition coefficient (Wildman–Crippen LogP) is 3.37. The molecule has 0 aromatic heterocycles. The molecule has 1 saturated heterocycles. The van der Waals surface area contributed by atoms with Crippen LogP contribution in [0.3, 0.4) is 0 Å². The average molecular weight is 411 g/mol. The number of carbonyl (C=O) groups is 1. The molecule has 0 aliphatic carbocycles. The lowest BCUT2D eigenvalue weighted by atomic mass is 9.92. The third-order valence-electron chi connectivity index (χ3n) is 5.64. The number of fused-ring (bicyclic) bond motifs is 1. The molecule has 1 atom stereocenters. The van der Waals surface area contributed by atoms with E-state index in [0.717, 1.165) is 45.6 Å². The van der Waals surface area contributed by atoms with E-state index in [4.69, 9.17) is 25.8 Å². The van der Waals surface area contributed by atoms with Gasteiger partial charge >= 0.3 is 0 Å². The van der Waals surface area contributed by atoms with E-state index in [1.54, 1.807) is 12.1 Å². The van der Waals surface area contributed by atoms with Crippen LogP contribution in [0.15, 0.2) is 12.1 Å². The number of morpholine rings is 1. The van der Waals surface area contributed by atoms with Gasteiger partial charge in [-0.15, -0.1) is 0 Å². The summed E-state index contributed by atoms with van der Waals surface area (Å²) in [4.78, 5) is 15.3. The van der Waals surface area contributed by atoms with E-state index in [-0.39, 0.29) is 5.91 Å². The zero-order chi connectivity index (χ0) is 19.9. The predicted molar refractivity (Wildman–Crippen MR) is 110 cm³/mol. The lowest BCUT2D eigenvalue weighted by Gasteiger charge is -2.38. The molecule has 156 valence electrons. The van der Waals surface area contributed by atoms with E-state index < -0.39 is 0 Å². The molecule has 0 saturated carbocycles. The van der Waals surface area contributed by atoms with Gasteiger partial charge in [-0.25, -0.2) is 0 Å². The molecular weight excluding hydrogens is 380 g/mol. The molecule has 1 N–H and O–H groups in total. The highest BCUT2D eigenvalue weighted by molar-refractivity contribution is 6.32. The Balaban J connectivity index is 1.70. The summed E-state index contributed by atoms with van der Waals surface area (Å²) in [6, 6.07) is 3.69. The van der Waals surface area contributed by atoms with Gasteiger partial charge in [0.1, 0.15) is 0 Å². The summed E-state index contributed by atoms with van der Waals surface area (Å²) in [5, 5.41) is 3.53. The fraction of sp³-hybridized carbons (Fsp3) is 0.667. The molecule has 1 aromatic rings. The van der Waals surface area contributed by atoms with Crippen LogP contribution in [0.4, 0.5) is 0 Å². The summed E-state index contributed by atoms with van der Waals surface area (Å²) in [6.07, 6.45) is 2.97. The summed E-state index contributed by atoms with van der Waals surface area (Å²) in [5.41, 5.74) is 0.500. The molecule has 0 radical (unpaired) electrons. The minimum atomic E-state index is -0.137. The lowest BCUT2D eigenvalue weighted by molar-refractivity contribution is 0.00191. The Morgan fingerprint density at radius 1 is 1.14 bits per heavy atom. The largest absolute Gasteiger partial charge is 0.489 e. The quantitative estimate of drug-likeness (QED) is 0.746. The second-order valence-electron chi connectivity index (χ2n) is 7.34. The third-order valence-corrected chi connectivity index (χ3v) is 5.92. The monoisotopic (exact) mass is 410 g/mol. The summed E-state index contributed by atoms with van der Waals surface area (Å²) in [6.45, 7) is 9.48. The minimum absolute atomic E-state index is 0.137. The first-order valence-electron chi connectivity index (χ1n) is 10.3. The molecule has 2 aliphatic heterocycles. The van der Waals surface area contributed by atoms with Crippen molar-refractivity contribution in [3.8, 4) is 11.5 Å². The first-order valence-corrected chi connectivity index (χ1v) is 10.7. The van der Waals surface area contributed by atoms with Crippen molar-refractivity contribution in [2.75, 3.05) is 46.1 Å². The summed E-state index contributed by atoms with van der Waals surface area (Å²) in [7, 11) is 0. The van der Waals surface area contributed by atoms with Crippen LogP contribution in [0.25, 0.3) is 0 Å². The standard InChI is InChI=1S/C21H31ClN2O4/c1-3-15(4-2)18(24-6-10-26-11-7-24)14-23-21(25)16-12-17(22)20-19(13-16)27-8-5-9-28-20/h12-13,15,18H,3-11,14H2,1-2H3,(H,23,25). The van der Waals surface area contributed by atoms with Gasteiger partial charge in [-0.1, -0.05) is 38.3 Å². The molecule has 0 bridgehead atoms. The Bertz CT molecular complexity index is 660. The molecule has 1 aromatic carbocycles. The SMILES string of the molecule is CCC(CC)C(CNC(=O)c1cc(Cl)c2c(c1)OCCCO2)N1CCOCC1. The van der Waals surface area contributed by atoms with Gasteiger partial charge in [0.05, 0.1) is 31.5 Å². The van der Waals surface area contributed by atoms with Gasteiger partial charge < -0.3 is 19.5 Å². The maximum absolute atomic E-state index is 12.8.